The van der Waals surface area contributed by atoms with Crippen LogP contribution >= 0.6 is 11.6 Å². The molecule has 0 aliphatic rings. The van der Waals surface area contributed by atoms with E-state index in [1.54, 1.807) is 25.1 Å². The van der Waals surface area contributed by atoms with Gasteiger partial charge in [0.15, 0.2) is 0 Å². The summed E-state index contributed by atoms with van der Waals surface area (Å²) < 4.78 is 26.4. The third-order valence-electron chi connectivity index (χ3n) is 2.73. The highest BCUT2D eigenvalue weighted by molar-refractivity contribution is 7.94. The van der Waals surface area contributed by atoms with E-state index in [9.17, 15) is 8.42 Å². The Kier molecular flexibility index (Phi) is 4.11. The van der Waals surface area contributed by atoms with Crippen LogP contribution in [0.2, 0.25) is 5.02 Å². The molecule has 0 atom stereocenters. The molecule has 0 bridgehead atoms. The van der Waals surface area contributed by atoms with E-state index in [1.165, 1.54) is 30.6 Å². The van der Waals surface area contributed by atoms with Crippen molar-refractivity contribution in [2.75, 3.05) is 0 Å². The van der Waals surface area contributed by atoms with Crippen LogP contribution in [-0.4, -0.2) is 17.4 Å². The summed E-state index contributed by atoms with van der Waals surface area (Å²) in [5.41, 5.74) is 0.907. The Morgan fingerprint density at radius 2 is 2.20 bits per heavy atom. The maximum atomic E-state index is 12.6. The molecular weight excluding hydrogens is 296 g/mol. The van der Waals surface area contributed by atoms with Gasteiger partial charge in [0.2, 0.25) is 0 Å². The van der Waals surface area contributed by atoms with Crippen molar-refractivity contribution in [1.29, 1.82) is 0 Å². The van der Waals surface area contributed by atoms with E-state index in [-0.39, 0.29) is 4.91 Å². The van der Waals surface area contributed by atoms with Gasteiger partial charge >= 0.3 is 0 Å². The zero-order valence-electron chi connectivity index (χ0n) is 10.8. The topological polar surface area (TPSA) is 52.0 Å². The number of fused-ring (bicyclic) bond motifs is 1. The Labute approximate surface area is 122 Å². The van der Waals surface area contributed by atoms with Gasteiger partial charge in [-0.25, -0.2) is 12.4 Å². The predicted octanol–water partition coefficient (Wildman–Crippen LogP) is 3.51. The highest BCUT2D eigenvalue weighted by Gasteiger charge is 2.20. The Bertz CT molecular complexity index is 817. The monoisotopic (exact) mass is 308 g/mol. The lowest BCUT2D eigenvalue weighted by molar-refractivity contribution is 0.596. The molecule has 0 aliphatic heterocycles. The van der Waals surface area contributed by atoms with Gasteiger partial charge in [-0.15, -0.1) is 0 Å². The average Bonchev–Trinajstić information content (AvgIpc) is 2.85. The molecule has 0 saturated heterocycles. The number of rotatable bonds is 4. The first-order valence-electron chi connectivity index (χ1n) is 5.85. The van der Waals surface area contributed by atoms with Gasteiger partial charge in [-0.3, -0.25) is 4.98 Å². The molecular formula is C14H13ClN2O2S. The third kappa shape index (κ3) is 2.42. The molecule has 0 spiro atoms. The van der Waals surface area contributed by atoms with Gasteiger partial charge in [-0.2, -0.15) is 0 Å². The van der Waals surface area contributed by atoms with E-state index in [0.717, 1.165) is 3.97 Å². The van der Waals surface area contributed by atoms with Gasteiger partial charge in [-0.1, -0.05) is 36.4 Å². The zero-order valence-corrected chi connectivity index (χ0v) is 12.4. The Balaban J connectivity index is 2.69. The molecule has 2 aromatic heterocycles. The minimum atomic E-state index is -3.71. The molecule has 0 unspecified atom stereocenters. The van der Waals surface area contributed by atoms with Crippen molar-refractivity contribution in [3.05, 3.63) is 65.3 Å². The highest BCUT2D eigenvalue weighted by Crippen LogP contribution is 2.26. The first-order chi connectivity index (χ1) is 9.52. The van der Waals surface area contributed by atoms with Crippen molar-refractivity contribution in [3.8, 4) is 0 Å². The van der Waals surface area contributed by atoms with Crippen LogP contribution in [0.3, 0.4) is 0 Å². The summed E-state index contributed by atoms with van der Waals surface area (Å²) in [4.78, 5) is 4.26. The first-order valence-corrected chi connectivity index (χ1v) is 7.66. The van der Waals surface area contributed by atoms with Crippen molar-refractivity contribution >= 4 is 32.7 Å². The first kappa shape index (κ1) is 14.6. The van der Waals surface area contributed by atoms with E-state index >= 15 is 0 Å². The summed E-state index contributed by atoms with van der Waals surface area (Å²) in [6.07, 6.45) is 9.07. The molecule has 0 aromatic carbocycles. The molecule has 2 rings (SSSR count). The Morgan fingerprint density at radius 1 is 1.45 bits per heavy atom. The SMILES string of the molecule is C=C/C=C\C(=C/C)S(=O)(=O)n1ccc2nccc(Cl)c21. The lowest BCUT2D eigenvalue weighted by Gasteiger charge is -2.08. The quantitative estimate of drug-likeness (QED) is 0.812. The van der Waals surface area contributed by atoms with Gasteiger partial charge in [0.1, 0.15) is 5.52 Å². The molecule has 0 N–H and O–H groups in total. The summed E-state index contributed by atoms with van der Waals surface area (Å²) >= 11 is 6.08. The lowest BCUT2D eigenvalue weighted by Crippen LogP contribution is -2.13. The summed E-state index contributed by atoms with van der Waals surface area (Å²) in [6.45, 7) is 5.19. The van der Waals surface area contributed by atoms with E-state index in [2.05, 4.69) is 11.6 Å². The second-order valence-corrected chi connectivity index (χ2v) is 6.15. The zero-order chi connectivity index (χ0) is 14.8. The number of pyridine rings is 1. The van der Waals surface area contributed by atoms with Crippen LogP contribution in [0, 0.1) is 0 Å². The molecule has 2 heterocycles. The highest BCUT2D eigenvalue weighted by atomic mass is 35.5. The summed E-state index contributed by atoms with van der Waals surface area (Å²) in [5.74, 6) is 0. The average molecular weight is 309 g/mol. The minimum absolute atomic E-state index is 0.162. The number of hydrogen-bond donors (Lipinski definition) is 0. The van der Waals surface area contributed by atoms with E-state index < -0.39 is 10.0 Å². The molecule has 6 heteroatoms. The lowest BCUT2D eigenvalue weighted by atomic mass is 10.4. The van der Waals surface area contributed by atoms with Gasteiger partial charge < -0.3 is 0 Å². The van der Waals surface area contributed by atoms with Crippen LogP contribution in [0.5, 0.6) is 0 Å². The summed E-state index contributed by atoms with van der Waals surface area (Å²) in [5, 5.41) is 0.340. The van der Waals surface area contributed by atoms with Crippen LogP contribution in [0.1, 0.15) is 6.92 Å². The maximum absolute atomic E-state index is 12.6. The molecule has 0 fully saturated rings. The molecule has 0 amide bonds. The summed E-state index contributed by atoms with van der Waals surface area (Å²) in [6, 6.07) is 3.17. The summed E-state index contributed by atoms with van der Waals surface area (Å²) in [7, 11) is -3.71. The number of nitrogens with zero attached hydrogens (tertiary/aromatic N) is 2. The van der Waals surface area contributed by atoms with E-state index in [0.29, 0.717) is 16.1 Å². The van der Waals surface area contributed by atoms with E-state index in [4.69, 9.17) is 11.6 Å². The second kappa shape index (κ2) is 5.64. The van der Waals surface area contributed by atoms with Crippen molar-refractivity contribution < 1.29 is 8.42 Å². The molecule has 2 aromatic rings. The second-order valence-electron chi connectivity index (χ2n) is 3.93. The smallest absolute Gasteiger partial charge is 0.254 e. The van der Waals surface area contributed by atoms with Crippen molar-refractivity contribution in [2.45, 2.75) is 6.92 Å². The standard InChI is InChI=1S/C14H13ClN2O2S/c1-3-5-6-11(4-2)20(18,19)17-10-8-13-14(17)12(15)7-9-16-13/h3-10H,1H2,2H3/b6-5-,11-4+. The van der Waals surface area contributed by atoms with Crippen molar-refractivity contribution in [1.82, 2.24) is 8.96 Å². The fourth-order valence-corrected chi connectivity index (χ4v) is 3.53. The fraction of sp³-hybridized carbons (Fsp3) is 0.0714. The number of hydrogen-bond acceptors (Lipinski definition) is 3. The minimum Gasteiger partial charge on any atom is -0.254 e. The molecule has 0 radical (unpaired) electrons. The van der Waals surface area contributed by atoms with Crippen molar-refractivity contribution in [3.63, 3.8) is 0 Å². The number of halogens is 1. The van der Waals surface area contributed by atoms with E-state index in [1.807, 2.05) is 0 Å². The van der Waals surface area contributed by atoms with Gasteiger partial charge in [0.25, 0.3) is 10.0 Å². The van der Waals surface area contributed by atoms with Crippen molar-refractivity contribution in [2.24, 2.45) is 0 Å². The fourth-order valence-electron chi connectivity index (χ4n) is 1.81. The van der Waals surface area contributed by atoms with Crippen LogP contribution in [-0.2, 0) is 10.0 Å². The van der Waals surface area contributed by atoms with Gasteiger partial charge in [-0.05, 0) is 25.1 Å². The maximum Gasteiger partial charge on any atom is 0.267 e. The molecule has 104 valence electrons. The van der Waals surface area contributed by atoms with Crippen LogP contribution in [0.4, 0.5) is 0 Å². The Morgan fingerprint density at radius 3 is 2.85 bits per heavy atom. The molecule has 0 aliphatic carbocycles. The van der Waals surface area contributed by atoms with Crippen LogP contribution in [0.15, 0.2) is 60.3 Å². The largest absolute Gasteiger partial charge is 0.267 e. The van der Waals surface area contributed by atoms with Gasteiger partial charge in [0.05, 0.1) is 15.4 Å². The Hall–Kier alpha value is -1.85. The molecule has 20 heavy (non-hydrogen) atoms. The van der Waals surface area contributed by atoms with Crippen LogP contribution < -0.4 is 0 Å². The predicted molar refractivity (Wildman–Crippen MR) is 82.2 cm³/mol. The molecule has 0 saturated carbocycles. The molecule has 4 nitrogen and oxygen atoms in total. The van der Waals surface area contributed by atoms with Gasteiger partial charge in [0, 0.05) is 12.4 Å². The number of allylic oxidation sites excluding steroid dienone is 4. The van der Waals surface area contributed by atoms with Crippen LogP contribution in [0.25, 0.3) is 11.0 Å². The number of aromatic nitrogens is 2. The third-order valence-corrected chi connectivity index (χ3v) is 4.82. The normalized spacial score (nSPS) is 13.2.